The molecule has 1 saturated carbocycles. The van der Waals surface area contributed by atoms with Gasteiger partial charge in [-0.1, -0.05) is 23.7 Å². The molecular formula is C26H29ClN6O2. The lowest BCUT2D eigenvalue weighted by atomic mass is 9.75. The smallest absolute Gasteiger partial charge is 0.260 e. The molecule has 2 aromatic heterocycles. The number of hydrogen-bond donors (Lipinski definition) is 1. The lowest BCUT2D eigenvalue weighted by molar-refractivity contribution is -0.0611. The van der Waals surface area contributed by atoms with Gasteiger partial charge in [-0.3, -0.25) is 9.69 Å². The summed E-state index contributed by atoms with van der Waals surface area (Å²) in [6.45, 7) is 4.62. The number of carbonyl (C=O) groups excluding carboxylic acids is 1. The van der Waals surface area contributed by atoms with Gasteiger partial charge in [-0.15, -0.1) is 10.2 Å². The van der Waals surface area contributed by atoms with Crippen molar-refractivity contribution in [3.8, 4) is 0 Å². The topological polar surface area (TPSA) is 85.2 Å². The van der Waals surface area contributed by atoms with E-state index in [0.29, 0.717) is 49.7 Å². The molecule has 9 heteroatoms. The Bertz CT molecular complexity index is 1280. The third-order valence-corrected chi connectivity index (χ3v) is 7.85. The average molecular weight is 493 g/mol. The van der Waals surface area contributed by atoms with Crippen LogP contribution in [-0.4, -0.2) is 44.9 Å². The number of aryl methyl sites for hydroxylation is 1. The fourth-order valence-corrected chi connectivity index (χ4v) is 5.35. The molecule has 182 valence electrons. The number of ether oxygens (including phenoxy) is 1. The summed E-state index contributed by atoms with van der Waals surface area (Å²) >= 11 is 6.37. The number of rotatable bonds is 8. The lowest BCUT2D eigenvalue weighted by Gasteiger charge is -2.41. The van der Waals surface area contributed by atoms with Gasteiger partial charge in [0.2, 0.25) is 0 Å². The third-order valence-electron chi connectivity index (χ3n) is 7.66. The predicted octanol–water partition coefficient (Wildman–Crippen LogP) is 3.42. The number of anilines is 1. The number of pyridine rings is 1. The molecule has 1 aromatic carbocycles. The van der Waals surface area contributed by atoms with Gasteiger partial charge < -0.3 is 14.6 Å². The van der Waals surface area contributed by atoms with Crippen LogP contribution in [0.1, 0.15) is 52.6 Å². The number of fused-ring (bicyclic) bond motifs is 1. The first-order valence-electron chi connectivity index (χ1n) is 12.2. The Morgan fingerprint density at radius 3 is 2.77 bits per heavy atom. The molecule has 6 rings (SSSR count). The standard InChI is InChI=1S/C26H29ClN6O2/c1-16(18-3-4-18)28-11-17-7-22(27)30-23(8-17)33-12-19-5-6-20(9-21(19)25(33)34)26(13-35-14-26)10-24-31-29-15-32(24)2/h5-9,15-16,18,28H,3-4,10-14H2,1-2H3. The summed E-state index contributed by atoms with van der Waals surface area (Å²) in [4.78, 5) is 19.7. The summed E-state index contributed by atoms with van der Waals surface area (Å²) in [6, 6.07) is 10.5. The van der Waals surface area contributed by atoms with E-state index in [4.69, 9.17) is 16.3 Å². The minimum atomic E-state index is -0.199. The Labute approximate surface area is 209 Å². The Balaban J connectivity index is 1.23. The van der Waals surface area contributed by atoms with E-state index in [1.807, 2.05) is 29.8 Å². The molecular weight excluding hydrogens is 464 g/mol. The molecule has 1 saturated heterocycles. The zero-order chi connectivity index (χ0) is 24.2. The number of nitrogens with zero attached hydrogens (tertiary/aromatic N) is 5. The monoisotopic (exact) mass is 492 g/mol. The first-order chi connectivity index (χ1) is 16.9. The van der Waals surface area contributed by atoms with Crippen molar-refractivity contribution in [1.82, 2.24) is 25.1 Å². The summed E-state index contributed by atoms with van der Waals surface area (Å²) in [5.74, 6) is 2.23. The van der Waals surface area contributed by atoms with Crippen LogP contribution in [0, 0.1) is 5.92 Å². The van der Waals surface area contributed by atoms with Crippen molar-refractivity contribution in [3.63, 3.8) is 0 Å². The molecule has 3 aliphatic rings. The molecule has 1 aliphatic carbocycles. The average Bonchev–Trinajstić information content (AvgIpc) is 3.52. The number of amides is 1. The van der Waals surface area contributed by atoms with E-state index in [2.05, 4.69) is 39.6 Å². The zero-order valence-corrected chi connectivity index (χ0v) is 20.8. The van der Waals surface area contributed by atoms with Crippen molar-refractivity contribution in [2.45, 2.75) is 50.7 Å². The van der Waals surface area contributed by atoms with Crippen molar-refractivity contribution in [2.24, 2.45) is 13.0 Å². The Hall–Kier alpha value is -2.81. The molecule has 0 radical (unpaired) electrons. The van der Waals surface area contributed by atoms with E-state index in [1.54, 1.807) is 11.2 Å². The number of nitrogens with one attached hydrogen (secondary N) is 1. The van der Waals surface area contributed by atoms with Crippen molar-refractivity contribution >= 4 is 23.3 Å². The summed E-state index contributed by atoms with van der Waals surface area (Å²) in [5.41, 5.74) is 3.65. The molecule has 8 nitrogen and oxygen atoms in total. The Kier molecular flexibility index (Phi) is 5.62. The van der Waals surface area contributed by atoms with Crippen LogP contribution in [0.3, 0.4) is 0 Å². The summed E-state index contributed by atoms with van der Waals surface area (Å²) < 4.78 is 7.55. The van der Waals surface area contributed by atoms with Crippen LogP contribution < -0.4 is 10.2 Å². The maximum atomic E-state index is 13.5. The minimum absolute atomic E-state index is 0.0454. The van der Waals surface area contributed by atoms with Crippen LogP contribution in [0.5, 0.6) is 0 Å². The van der Waals surface area contributed by atoms with Gasteiger partial charge in [-0.25, -0.2) is 4.98 Å². The second-order valence-electron chi connectivity index (χ2n) is 10.2. The fourth-order valence-electron chi connectivity index (χ4n) is 5.12. The summed E-state index contributed by atoms with van der Waals surface area (Å²) in [6.07, 6.45) is 5.02. The zero-order valence-electron chi connectivity index (χ0n) is 20.0. The predicted molar refractivity (Wildman–Crippen MR) is 132 cm³/mol. The van der Waals surface area contributed by atoms with Gasteiger partial charge in [-0.2, -0.15) is 0 Å². The van der Waals surface area contributed by atoms with E-state index in [0.717, 1.165) is 34.0 Å². The molecule has 4 heterocycles. The van der Waals surface area contributed by atoms with Gasteiger partial charge in [-0.05, 0) is 60.6 Å². The number of aromatic nitrogens is 4. The van der Waals surface area contributed by atoms with Gasteiger partial charge in [0.25, 0.3) is 5.91 Å². The molecule has 1 atom stereocenters. The van der Waals surface area contributed by atoms with Crippen LogP contribution in [0.25, 0.3) is 0 Å². The third kappa shape index (κ3) is 4.24. The second-order valence-corrected chi connectivity index (χ2v) is 10.6. The number of halogens is 1. The lowest BCUT2D eigenvalue weighted by Crippen LogP contribution is -2.49. The Morgan fingerprint density at radius 2 is 2.09 bits per heavy atom. The molecule has 1 amide bonds. The molecule has 1 N–H and O–H groups in total. The van der Waals surface area contributed by atoms with Crippen molar-refractivity contribution in [2.75, 3.05) is 18.1 Å². The normalized spacial score (nSPS) is 19.5. The molecule has 2 fully saturated rings. The van der Waals surface area contributed by atoms with Gasteiger partial charge in [0, 0.05) is 37.0 Å². The van der Waals surface area contributed by atoms with Crippen molar-refractivity contribution in [1.29, 1.82) is 0 Å². The Morgan fingerprint density at radius 1 is 1.26 bits per heavy atom. The highest BCUT2D eigenvalue weighted by molar-refractivity contribution is 6.29. The second kappa shape index (κ2) is 8.69. The van der Waals surface area contributed by atoms with Crippen LogP contribution in [-0.2, 0) is 36.7 Å². The van der Waals surface area contributed by atoms with E-state index in [9.17, 15) is 4.79 Å². The molecule has 3 aromatic rings. The van der Waals surface area contributed by atoms with Crippen LogP contribution >= 0.6 is 11.6 Å². The summed E-state index contributed by atoms with van der Waals surface area (Å²) in [7, 11) is 1.95. The van der Waals surface area contributed by atoms with E-state index < -0.39 is 0 Å². The number of carbonyl (C=O) groups is 1. The molecule has 35 heavy (non-hydrogen) atoms. The minimum Gasteiger partial charge on any atom is -0.379 e. The number of hydrogen-bond acceptors (Lipinski definition) is 6. The largest absolute Gasteiger partial charge is 0.379 e. The highest BCUT2D eigenvalue weighted by Gasteiger charge is 2.43. The highest BCUT2D eigenvalue weighted by atomic mass is 35.5. The van der Waals surface area contributed by atoms with E-state index in [1.165, 1.54) is 12.8 Å². The SMILES string of the molecule is CC(NCc1cc(Cl)nc(N2Cc3ccc(C4(Cc5nncn5C)COC4)cc3C2=O)c1)C1CC1. The fraction of sp³-hybridized carbons (Fsp3) is 0.462. The molecule has 0 spiro atoms. The molecule has 0 bridgehead atoms. The van der Waals surface area contributed by atoms with Crippen LogP contribution in [0.2, 0.25) is 5.15 Å². The maximum Gasteiger partial charge on any atom is 0.260 e. The van der Waals surface area contributed by atoms with Gasteiger partial charge >= 0.3 is 0 Å². The first-order valence-corrected chi connectivity index (χ1v) is 12.6. The van der Waals surface area contributed by atoms with Crippen LogP contribution in [0.4, 0.5) is 5.82 Å². The highest BCUT2D eigenvalue weighted by Crippen LogP contribution is 2.38. The number of benzene rings is 1. The van der Waals surface area contributed by atoms with E-state index >= 15 is 0 Å². The molecule has 1 unspecified atom stereocenters. The van der Waals surface area contributed by atoms with Crippen molar-refractivity contribution in [3.05, 3.63) is 69.9 Å². The summed E-state index contributed by atoms with van der Waals surface area (Å²) in [5, 5.41) is 12.2. The quantitative estimate of drug-likeness (QED) is 0.485. The maximum absolute atomic E-state index is 13.5. The molecule has 2 aliphatic heterocycles. The van der Waals surface area contributed by atoms with Gasteiger partial charge in [0.1, 0.15) is 23.1 Å². The van der Waals surface area contributed by atoms with Gasteiger partial charge in [0.15, 0.2) is 0 Å². The van der Waals surface area contributed by atoms with Gasteiger partial charge in [0.05, 0.1) is 19.8 Å². The van der Waals surface area contributed by atoms with Crippen LogP contribution in [0.15, 0.2) is 36.7 Å². The van der Waals surface area contributed by atoms with Crippen molar-refractivity contribution < 1.29 is 9.53 Å². The first kappa shape index (κ1) is 22.6. The van der Waals surface area contributed by atoms with E-state index in [-0.39, 0.29) is 11.3 Å².